The molecule has 0 atom stereocenters. The number of nitrogens with zero attached hydrogens (tertiary/aromatic N) is 5. The molecule has 0 spiro atoms. The van der Waals surface area contributed by atoms with Crippen LogP contribution in [0, 0.1) is 0 Å². The number of aromatic nitrogens is 5. The molecule has 0 aliphatic rings. The maximum absolute atomic E-state index is 13.4. The summed E-state index contributed by atoms with van der Waals surface area (Å²) in [6.45, 7) is 0. The lowest BCUT2D eigenvalue weighted by molar-refractivity contribution is 0.150. The van der Waals surface area contributed by atoms with Gasteiger partial charge in [0.1, 0.15) is 34.5 Å². The average molecular weight is 666 g/mol. The number of pyridine rings is 2. The Labute approximate surface area is 284 Å². The van der Waals surface area contributed by atoms with Crippen molar-refractivity contribution in [1.29, 1.82) is 0 Å². The second-order valence-corrected chi connectivity index (χ2v) is 11.0. The van der Waals surface area contributed by atoms with Crippen LogP contribution in [0.1, 0.15) is 12.0 Å². The zero-order valence-corrected chi connectivity index (χ0v) is 26.1. The van der Waals surface area contributed by atoms with Crippen molar-refractivity contribution in [3.05, 3.63) is 152 Å². The molecular formula is C39H25F2N5O4. The van der Waals surface area contributed by atoms with Crippen molar-refractivity contribution in [3.63, 3.8) is 0 Å². The molecule has 0 unspecified atom stereocenters. The second-order valence-electron chi connectivity index (χ2n) is 11.0. The van der Waals surface area contributed by atoms with Crippen molar-refractivity contribution >= 4 is 21.8 Å². The largest absolute Gasteiger partial charge is 0.457 e. The van der Waals surface area contributed by atoms with Crippen LogP contribution in [0.5, 0.6) is 46.3 Å². The molecule has 11 heteroatoms. The van der Waals surface area contributed by atoms with Gasteiger partial charge in [-0.2, -0.15) is 0 Å². The SMILES string of the molecule is FC(F)c1cnc(-n2c3cc(Oc4cccc(Oc5ccccn5)c4)ccc3c3ccc(Oc4cccc(Oc5ccccn5)c4)cc32)nc1. The van der Waals surface area contributed by atoms with E-state index in [1.54, 1.807) is 41.2 Å². The number of ether oxygens (including phenoxy) is 4. The van der Waals surface area contributed by atoms with Gasteiger partial charge in [-0.15, -0.1) is 0 Å². The number of halogens is 2. The molecule has 0 aliphatic carbocycles. The Balaban J connectivity index is 1.15. The maximum Gasteiger partial charge on any atom is 0.266 e. The van der Waals surface area contributed by atoms with Crippen LogP contribution in [0.4, 0.5) is 8.78 Å². The maximum atomic E-state index is 13.4. The number of rotatable bonds is 10. The molecule has 9 nitrogen and oxygen atoms in total. The van der Waals surface area contributed by atoms with E-state index in [-0.39, 0.29) is 11.5 Å². The molecular weight excluding hydrogens is 640 g/mol. The van der Waals surface area contributed by atoms with Gasteiger partial charge in [0.25, 0.3) is 6.43 Å². The van der Waals surface area contributed by atoms with Crippen LogP contribution >= 0.6 is 0 Å². The van der Waals surface area contributed by atoms with Gasteiger partial charge in [0, 0.05) is 72.0 Å². The highest BCUT2D eigenvalue weighted by Gasteiger charge is 2.18. The van der Waals surface area contributed by atoms with Crippen molar-refractivity contribution in [2.75, 3.05) is 0 Å². The van der Waals surface area contributed by atoms with Crippen LogP contribution in [0.2, 0.25) is 0 Å². The van der Waals surface area contributed by atoms with E-state index in [4.69, 9.17) is 18.9 Å². The van der Waals surface area contributed by atoms with E-state index in [1.165, 1.54) is 0 Å². The summed E-state index contributed by atoms with van der Waals surface area (Å²) in [6, 6.07) is 36.6. The third kappa shape index (κ3) is 6.47. The molecule has 0 saturated heterocycles. The average Bonchev–Trinajstić information content (AvgIpc) is 3.45. The molecule has 4 heterocycles. The third-order valence-corrected chi connectivity index (χ3v) is 7.62. The van der Waals surface area contributed by atoms with Crippen molar-refractivity contribution in [3.8, 4) is 52.2 Å². The van der Waals surface area contributed by atoms with Crippen LogP contribution in [0.3, 0.4) is 0 Å². The van der Waals surface area contributed by atoms with Gasteiger partial charge in [0.05, 0.1) is 16.6 Å². The van der Waals surface area contributed by atoms with E-state index >= 15 is 0 Å². The molecule has 4 aromatic carbocycles. The minimum Gasteiger partial charge on any atom is -0.457 e. The number of benzene rings is 4. The summed E-state index contributed by atoms with van der Waals surface area (Å²) in [7, 11) is 0. The number of hydrogen-bond acceptors (Lipinski definition) is 8. The summed E-state index contributed by atoms with van der Waals surface area (Å²) in [4.78, 5) is 17.1. The lowest BCUT2D eigenvalue weighted by Gasteiger charge is -2.11. The van der Waals surface area contributed by atoms with Crippen molar-refractivity contribution in [1.82, 2.24) is 24.5 Å². The molecule has 0 aliphatic heterocycles. The van der Waals surface area contributed by atoms with Crippen LogP contribution in [-0.4, -0.2) is 24.5 Å². The highest BCUT2D eigenvalue weighted by atomic mass is 19.3. The molecule has 0 amide bonds. The Morgan fingerprint density at radius 2 is 0.920 bits per heavy atom. The van der Waals surface area contributed by atoms with Crippen molar-refractivity contribution in [2.45, 2.75) is 6.43 Å². The van der Waals surface area contributed by atoms with E-state index in [9.17, 15) is 8.78 Å². The topological polar surface area (TPSA) is 93.4 Å². The monoisotopic (exact) mass is 665 g/mol. The number of fused-ring (bicyclic) bond motifs is 3. The van der Waals surface area contributed by atoms with Crippen molar-refractivity contribution < 1.29 is 27.7 Å². The minimum absolute atomic E-state index is 0.209. The Morgan fingerprint density at radius 3 is 1.36 bits per heavy atom. The molecule has 8 rings (SSSR count). The second kappa shape index (κ2) is 13.3. The normalized spacial score (nSPS) is 11.2. The Kier molecular flexibility index (Phi) is 8.11. The number of alkyl halides is 2. The highest BCUT2D eigenvalue weighted by molar-refractivity contribution is 6.09. The zero-order chi connectivity index (χ0) is 33.9. The Hall–Kier alpha value is -6.88. The van der Waals surface area contributed by atoms with E-state index in [2.05, 4.69) is 19.9 Å². The highest BCUT2D eigenvalue weighted by Crippen LogP contribution is 2.38. The van der Waals surface area contributed by atoms with E-state index in [0.717, 1.165) is 23.2 Å². The Bertz CT molecular complexity index is 2280. The van der Waals surface area contributed by atoms with Crippen LogP contribution < -0.4 is 18.9 Å². The third-order valence-electron chi connectivity index (χ3n) is 7.62. The van der Waals surface area contributed by atoms with Gasteiger partial charge in [-0.25, -0.2) is 28.7 Å². The smallest absolute Gasteiger partial charge is 0.266 e. The van der Waals surface area contributed by atoms with Gasteiger partial charge in [-0.05, 0) is 60.7 Å². The fourth-order valence-electron chi connectivity index (χ4n) is 5.41. The van der Waals surface area contributed by atoms with Crippen LogP contribution in [0.15, 0.2) is 146 Å². The van der Waals surface area contributed by atoms with Crippen LogP contribution in [-0.2, 0) is 0 Å². The zero-order valence-electron chi connectivity index (χ0n) is 26.1. The van der Waals surface area contributed by atoms with E-state index in [1.807, 2.05) is 97.1 Å². The molecule has 0 fully saturated rings. The lowest BCUT2D eigenvalue weighted by atomic mass is 10.1. The van der Waals surface area contributed by atoms with E-state index in [0.29, 0.717) is 57.3 Å². The molecule has 244 valence electrons. The minimum atomic E-state index is -2.70. The molecule has 50 heavy (non-hydrogen) atoms. The summed E-state index contributed by atoms with van der Waals surface area (Å²) in [5.41, 5.74) is 1.13. The fourth-order valence-corrected chi connectivity index (χ4v) is 5.41. The van der Waals surface area contributed by atoms with Crippen LogP contribution in [0.25, 0.3) is 27.8 Å². The standard InChI is InChI=1S/C39H25F2N5O4/c40-38(41)25-23-44-39(45-24-25)46-34-21-30(47-26-7-5-9-28(19-26)49-36-11-1-3-17-42-36)13-15-32(34)33-16-14-31(22-35(33)46)48-27-8-6-10-29(20-27)50-37-12-2-4-18-43-37/h1-24,38H. The van der Waals surface area contributed by atoms with Gasteiger partial charge in [0.15, 0.2) is 0 Å². The van der Waals surface area contributed by atoms with E-state index < -0.39 is 6.43 Å². The van der Waals surface area contributed by atoms with Gasteiger partial charge < -0.3 is 18.9 Å². The fraction of sp³-hybridized carbons (Fsp3) is 0.0256. The Morgan fingerprint density at radius 1 is 0.460 bits per heavy atom. The molecule has 0 bridgehead atoms. The first-order valence-electron chi connectivity index (χ1n) is 15.5. The van der Waals surface area contributed by atoms with Crippen molar-refractivity contribution in [2.24, 2.45) is 0 Å². The predicted molar refractivity (Wildman–Crippen MR) is 183 cm³/mol. The molecule has 8 aromatic rings. The summed E-state index contributed by atoms with van der Waals surface area (Å²) in [5, 5.41) is 1.75. The summed E-state index contributed by atoms with van der Waals surface area (Å²) >= 11 is 0. The molecule has 4 aromatic heterocycles. The first-order chi connectivity index (χ1) is 24.6. The lowest BCUT2D eigenvalue weighted by Crippen LogP contribution is -2.02. The molecule has 0 radical (unpaired) electrons. The quantitative estimate of drug-likeness (QED) is 0.142. The first-order valence-corrected chi connectivity index (χ1v) is 15.5. The molecule has 0 N–H and O–H groups in total. The van der Waals surface area contributed by atoms with Gasteiger partial charge in [-0.3, -0.25) is 4.57 Å². The van der Waals surface area contributed by atoms with Gasteiger partial charge >= 0.3 is 0 Å². The predicted octanol–water partition coefficient (Wildman–Crippen LogP) is 10.5. The van der Waals surface area contributed by atoms with Gasteiger partial charge in [-0.1, -0.05) is 24.3 Å². The summed E-state index contributed by atoms with van der Waals surface area (Å²) in [5.74, 6) is 4.40. The number of hydrogen-bond donors (Lipinski definition) is 0. The van der Waals surface area contributed by atoms with Gasteiger partial charge in [0.2, 0.25) is 17.7 Å². The molecule has 0 saturated carbocycles. The first kappa shape index (κ1) is 30.5. The summed E-state index contributed by atoms with van der Waals surface area (Å²) < 4.78 is 52.9. The summed E-state index contributed by atoms with van der Waals surface area (Å²) in [6.07, 6.45) is 2.87.